The van der Waals surface area contributed by atoms with Gasteiger partial charge in [-0.3, -0.25) is 4.90 Å². The van der Waals surface area contributed by atoms with Crippen LogP contribution in [0.25, 0.3) is 11.5 Å². The maximum absolute atomic E-state index is 6.20. The number of hydrogen-bond acceptors (Lipinski definition) is 6. The van der Waals surface area contributed by atoms with Crippen LogP contribution >= 0.6 is 11.6 Å². The highest BCUT2D eigenvalue weighted by molar-refractivity contribution is 6.30. The number of nitrogens with zero attached hydrogens (tertiary/aromatic N) is 7. The van der Waals surface area contributed by atoms with Gasteiger partial charge in [-0.05, 0) is 43.3 Å². The number of benzene rings is 3. The standard InChI is InChI=1S/C26H20ClN7O/c1-18-23(25(32-17-28-16-29-32)34(30-18)22-10-6-3-7-11-22)26-33(21-14-12-20(27)13-15-21)24(31-35-26)19-8-4-2-5-9-19/h2-17,26H,1H3. The first-order valence-corrected chi connectivity index (χ1v) is 11.4. The summed E-state index contributed by atoms with van der Waals surface area (Å²) >= 11 is 6.20. The highest BCUT2D eigenvalue weighted by Gasteiger charge is 2.39. The lowest BCUT2D eigenvalue weighted by atomic mass is 10.1. The van der Waals surface area contributed by atoms with Crippen molar-refractivity contribution >= 4 is 23.1 Å². The first-order chi connectivity index (χ1) is 17.2. The Morgan fingerprint density at radius 2 is 1.57 bits per heavy atom. The summed E-state index contributed by atoms with van der Waals surface area (Å²) in [4.78, 5) is 12.4. The van der Waals surface area contributed by atoms with Gasteiger partial charge >= 0.3 is 0 Å². The Kier molecular flexibility index (Phi) is 5.27. The van der Waals surface area contributed by atoms with E-state index in [2.05, 4.69) is 15.2 Å². The minimum absolute atomic E-state index is 0.594. The summed E-state index contributed by atoms with van der Waals surface area (Å²) in [5.41, 5.74) is 4.32. The van der Waals surface area contributed by atoms with Crippen LogP contribution < -0.4 is 4.90 Å². The van der Waals surface area contributed by atoms with Crippen molar-refractivity contribution in [3.8, 4) is 11.5 Å². The molecule has 3 aromatic carbocycles. The Labute approximate surface area is 206 Å². The van der Waals surface area contributed by atoms with E-state index in [0.717, 1.165) is 34.0 Å². The van der Waals surface area contributed by atoms with E-state index in [4.69, 9.17) is 21.5 Å². The number of halogens is 1. The van der Waals surface area contributed by atoms with E-state index in [1.807, 2.05) is 101 Å². The van der Waals surface area contributed by atoms with Crippen molar-refractivity contribution in [2.75, 3.05) is 4.90 Å². The summed E-state index contributed by atoms with van der Waals surface area (Å²) in [6, 6.07) is 27.5. The number of anilines is 1. The average molecular weight is 482 g/mol. The molecule has 0 N–H and O–H groups in total. The molecule has 172 valence electrons. The van der Waals surface area contributed by atoms with Gasteiger partial charge in [-0.2, -0.15) is 10.2 Å². The number of rotatable bonds is 5. The van der Waals surface area contributed by atoms with E-state index < -0.39 is 6.23 Å². The molecule has 0 saturated heterocycles. The fraction of sp³-hybridized carbons (Fsp3) is 0.0769. The van der Waals surface area contributed by atoms with Crippen molar-refractivity contribution in [1.82, 2.24) is 24.5 Å². The molecule has 5 aromatic rings. The summed E-state index contributed by atoms with van der Waals surface area (Å²) in [6.07, 6.45) is 2.56. The van der Waals surface area contributed by atoms with Crippen molar-refractivity contribution in [1.29, 1.82) is 0 Å². The summed E-state index contributed by atoms with van der Waals surface area (Å²) in [7, 11) is 0. The molecule has 6 rings (SSSR count). The molecular formula is C26H20ClN7O. The van der Waals surface area contributed by atoms with E-state index in [1.165, 1.54) is 6.33 Å². The minimum atomic E-state index is -0.594. The predicted octanol–water partition coefficient (Wildman–Crippen LogP) is 5.31. The van der Waals surface area contributed by atoms with Gasteiger partial charge in [0, 0.05) is 16.3 Å². The SMILES string of the molecule is Cc1nn(-c2ccccc2)c(-n2cncn2)c1C1ON=C(c2ccccc2)N1c1ccc(Cl)cc1. The molecule has 9 heteroatoms. The summed E-state index contributed by atoms with van der Waals surface area (Å²) in [6.45, 7) is 1.96. The zero-order valence-corrected chi connectivity index (χ0v) is 19.5. The Hall–Kier alpha value is -4.43. The van der Waals surface area contributed by atoms with Crippen molar-refractivity contribution in [2.24, 2.45) is 5.16 Å². The second kappa shape index (κ2) is 8.73. The molecule has 0 fully saturated rings. The smallest absolute Gasteiger partial charge is 0.237 e. The lowest BCUT2D eigenvalue weighted by molar-refractivity contribution is 0.0862. The van der Waals surface area contributed by atoms with Crippen molar-refractivity contribution < 1.29 is 4.84 Å². The third kappa shape index (κ3) is 3.74. The summed E-state index contributed by atoms with van der Waals surface area (Å²) in [5, 5.41) is 14.5. The average Bonchev–Trinajstić information content (AvgIpc) is 3.64. The number of amidine groups is 1. The lowest BCUT2D eigenvalue weighted by Crippen LogP contribution is -2.32. The van der Waals surface area contributed by atoms with Crippen LogP contribution in [0.3, 0.4) is 0 Å². The van der Waals surface area contributed by atoms with Crippen LogP contribution in [0.15, 0.2) is 103 Å². The van der Waals surface area contributed by atoms with Gasteiger partial charge in [-0.25, -0.2) is 14.3 Å². The van der Waals surface area contributed by atoms with Crippen LogP contribution in [-0.2, 0) is 4.84 Å². The third-order valence-electron chi connectivity index (χ3n) is 5.80. The molecule has 1 unspecified atom stereocenters. The van der Waals surface area contributed by atoms with Crippen LogP contribution in [0.2, 0.25) is 5.02 Å². The summed E-state index contributed by atoms with van der Waals surface area (Å²) < 4.78 is 3.55. The van der Waals surface area contributed by atoms with Gasteiger partial charge in [0.15, 0.2) is 11.7 Å². The summed E-state index contributed by atoms with van der Waals surface area (Å²) in [5.74, 6) is 1.41. The molecule has 0 aliphatic carbocycles. The van der Waals surface area contributed by atoms with E-state index >= 15 is 0 Å². The molecule has 0 radical (unpaired) electrons. The van der Waals surface area contributed by atoms with Gasteiger partial charge < -0.3 is 4.84 Å². The quantitative estimate of drug-likeness (QED) is 0.340. The molecule has 1 atom stereocenters. The molecule has 1 aliphatic heterocycles. The Balaban J connectivity index is 1.55. The van der Waals surface area contributed by atoms with E-state index in [-0.39, 0.29) is 0 Å². The second-order valence-corrected chi connectivity index (χ2v) is 8.43. The van der Waals surface area contributed by atoms with Crippen LogP contribution in [0.5, 0.6) is 0 Å². The molecule has 35 heavy (non-hydrogen) atoms. The first-order valence-electron chi connectivity index (χ1n) is 11.0. The van der Waals surface area contributed by atoms with Gasteiger partial charge in [0.05, 0.1) is 16.9 Å². The van der Waals surface area contributed by atoms with Gasteiger partial charge in [0.2, 0.25) is 6.23 Å². The highest BCUT2D eigenvalue weighted by atomic mass is 35.5. The monoisotopic (exact) mass is 481 g/mol. The minimum Gasteiger partial charge on any atom is -0.363 e. The predicted molar refractivity (Wildman–Crippen MR) is 134 cm³/mol. The molecule has 1 aliphatic rings. The largest absolute Gasteiger partial charge is 0.363 e. The molecular weight excluding hydrogens is 462 g/mol. The lowest BCUT2D eigenvalue weighted by Gasteiger charge is -2.26. The zero-order chi connectivity index (χ0) is 23.8. The van der Waals surface area contributed by atoms with Crippen LogP contribution in [0, 0.1) is 6.92 Å². The Bertz CT molecular complexity index is 1480. The number of para-hydroxylation sites is 1. The van der Waals surface area contributed by atoms with Crippen molar-refractivity contribution in [2.45, 2.75) is 13.2 Å². The van der Waals surface area contributed by atoms with E-state index in [0.29, 0.717) is 10.9 Å². The highest BCUT2D eigenvalue weighted by Crippen LogP contribution is 2.39. The maximum Gasteiger partial charge on any atom is 0.237 e. The maximum atomic E-state index is 6.20. The van der Waals surface area contributed by atoms with Crippen molar-refractivity contribution in [3.63, 3.8) is 0 Å². The van der Waals surface area contributed by atoms with Gasteiger partial charge in [-0.1, -0.05) is 65.3 Å². The normalized spacial score (nSPS) is 15.2. The van der Waals surface area contributed by atoms with Gasteiger partial charge in [-0.15, -0.1) is 0 Å². The zero-order valence-electron chi connectivity index (χ0n) is 18.7. The van der Waals surface area contributed by atoms with Crippen LogP contribution in [-0.4, -0.2) is 30.4 Å². The molecule has 0 saturated carbocycles. The van der Waals surface area contributed by atoms with Crippen LogP contribution in [0.1, 0.15) is 23.0 Å². The van der Waals surface area contributed by atoms with E-state index in [9.17, 15) is 0 Å². The van der Waals surface area contributed by atoms with Gasteiger partial charge in [0.1, 0.15) is 12.7 Å². The molecule has 0 spiro atoms. The number of aryl methyl sites for hydroxylation is 1. The fourth-order valence-corrected chi connectivity index (χ4v) is 4.35. The molecule has 0 amide bonds. The first kappa shape index (κ1) is 21.1. The Morgan fingerprint density at radius 3 is 2.26 bits per heavy atom. The topological polar surface area (TPSA) is 73.4 Å². The molecule has 2 aromatic heterocycles. The number of aromatic nitrogens is 5. The molecule has 0 bridgehead atoms. The third-order valence-corrected chi connectivity index (χ3v) is 6.06. The molecule has 8 nitrogen and oxygen atoms in total. The second-order valence-electron chi connectivity index (χ2n) is 8.00. The Morgan fingerprint density at radius 1 is 0.857 bits per heavy atom. The van der Waals surface area contributed by atoms with Crippen LogP contribution in [0.4, 0.5) is 5.69 Å². The number of oxime groups is 1. The van der Waals surface area contributed by atoms with E-state index in [1.54, 1.807) is 11.0 Å². The van der Waals surface area contributed by atoms with Crippen molar-refractivity contribution in [3.05, 3.63) is 119 Å². The molecule has 3 heterocycles. The number of hydrogen-bond donors (Lipinski definition) is 0. The van der Waals surface area contributed by atoms with Gasteiger partial charge in [0.25, 0.3) is 0 Å². The fourth-order valence-electron chi connectivity index (χ4n) is 4.23.